The van der Waals surface area contributed by atoms with Gasteiger partial charge in [0.15, 0.2) is 12.4 Å². The monoisotopic (exact) mass is 283 g/mol. The first-order valence-electron chi connectivity index (χ1n) is 5.68. The van der Waals surface area contributed by atoms with Crippen LogP contribution in [0.4, 0.5) is 5.69 Å². The van der Waals surface area contributed by atoms with Gasteiger partial charge in [0, 0.05) is 17.7 Å². The summed E-state index contributed by atoms with van der Waals surface area (Å²) in [6.07, 6.45) is -3.30. The summed E-state index contributed by atoms with van der Waals surface area (Å²) in [6, 6.07) is 3.11. The molecule has 0 aliphatic rings. The van der Waals surface area contributed by atoms with Crippen molar-refractivity contribution in [1.29, 1.82) is 0 Å². The molecule has 0 heterocycles. The van der Waals surface area contributed by atoms with E-state index in [0.29, 0.717) is 6.29 Å². The lowest BCUT2D eigenvalue weighted by Gasteiger charge is -2.17. The summed E-state index contributed by atoms with van der Waals surface area (Å²) < 4.78 is 4.54. The second-order valence-electron chi connectivity index (χ2n) is 3.83. The standard InChI is InChI=1S/C12H13NO7/c1-2-20-12(17)11(16)10(15)9-4-3-8(13(18)19)5-7(9)6-14/h3-6,10-11,15-16H,2H2,1H3. The molecule has 2 atom stereocenters. The number of ether oxygens (including phenoxy) is 1. The molecule has 0 radical (unpaired) electrons. The molecule has 0 bridgehead atoms. The number of esters is 1. The lowest BCUT2D eigenvalue weighted by molar-refractivity contribution is -0.384. The summed E-state index contributed by atoms with van der Waals surface area (Å²) in [5.74, 6) is -1.05. The average molecular weight is 283 g/mol. The van der Waals surface area contributed by atoms with Gasteiger partial charge in [-0.1, -0.05) is 0 Å². The smallest absolute Gasteiger partial charge is 0.338 e. The van der Waals surface area contributed by atoms with E-state index in [1.165, 1.54) is 6.92 Å². The number of carbonyl (C=O) groups is 2. The zero-order valence-corrected chi connectivity index (χ0v) is 10.6. The molecule has 2 unspecified atom stereocenters. The van der Waals surface area contributed by atoms with Gasteiger partial charge in [-0.05, 0) is 18.6 Å². The fraction of sp³-hybridized carbons (Fsp3) is 0.333. The molecular formula is C12H13NO7. The molecule has 0 aromatic heterocycles. The number of nitro benzene ring substituents is 1. The fourth-order valence-electron chi connectivity index (χ4n) is 1.57. The van der Waals surface area contributed by atoms with Crippen molar-refractivity contribution in [3.8, 4) is 0 Å². The zero-order chi connectivity index (χ0) is 15.3. The van der Waals surface area contributed by atoms with E-state index in [1.807, 2.05) is 0 Å². The Morgan fingerprint density at radius 1 is 1.50 bits per heavy atom. The quantitative estimate of drug-likeness (QED) is 0.334. The van der Waals surface area contributed by atoms with Crippen LogP contribution >= 0.6 is 0 Å². The van der Waals surface area contributed by atoms with Crippen molar-refractivity contribution in [3.05, 3.63) is 39.4 Å². The van der Waals surface area contributed by atoms with Crippen LogP contribution in [0.5, 0.6) is 0 Å². The number of non-ortho nitro benzene ring substituents is 1. The Morgan fingerprint density at radius 2 is 2.15 bits per heavy atom. The van der Waals surface area contributed by atoms with Gasteiger partial charge in [0.05, 0.1) is 11.5 Å². The van der Waals surface area contributed by atoms with Crippen molar-refractivity contribution in [2.75, 3.05) is 6.61 Å². The summed E-state index contributed by atoms with van der Waals surface area (Å²) >= 11 is 0. The summed E-state index contributed by atoms with van der Waals surface area (Å²) in [6.45, 7) is 1.54. The van der Waals surface area contributed by atoms with Gasteiger partial charge < -0.3 is 14.9 Å². The van der Waals surface area contributed by atoms with E-state index < -0.39 is 23.1 Å². The highest BCUT2D eigenvalue weighted by Crippen LogP contribution is 2.24. The summed E-state index contributed by atoms with van der Waals surface area (Å²) in [5, 5.41) is 30.0. The third-order valence-electron chi connectivity index (χ3n) is 2.55. The van der Waals surface area contributed by atoms with Crippen molar-refractivity contribution < 1.29 is 29.5 Å². The Balaban J connectivity index is 3.09. The molecule has 2 N–H and O–H groups in total. The Hall–Kier alpha value is -2.32. The van der Waals surface area contributed by atoms with Gasteiger partial charge in [-0.2, -0.15) is 0 Å². The number of aldehydes is 1. The molecule has 108 valence electrons. The van der Waals surface area contributed by atoms with Gasteiger partial charge in [0.1, 0.15) is 6.10 Å². The van der Waals surface area contributed by atoms with Gasteiger partial charge in [-0.3, -0.25) is 14.9 Å². The van der Waals surface area contributed by atoms with Crippen LogP contribution in [0.15, 0.2) is 18.2 Å². The van der Waals surface area contributed by atoms with E-state index in [-0.39, 0.29) is 23.4 Å². The second-order valence-corrected chi connectivity index (χ2v) is 3.83. The lowest BCUT2D eigenvalue weighted by Crippen LogP contribution is -2.30. The minimum atomic E-state index is -1.88. The molecule has 1 rings (SSSR count). The molecule has 0 fully saturated rings. The average Bonchev–Trinajstić information content (AvgIpc) is 2.45. The van der Waals surface area contributed by atoms with E-state index in [4.69, 9.17) is 0 Å². The van der Waals surface area contributed by atoms with Crippen LogP contribution < -0.4 is 0 Å². The van der Waals surface area contributed by atoms with E-state index in [0.717, 1.165) is 18.2 Å². The van der Waals surface area contributed by atoms with Crippen molar-refractivity contribution in [1.82, 2.24) is 0 Å². The topological polar surface area (TPSA) is 127 Å². The van der Waals surface area contributed by atoms with Crippen molar-refractivity contribution in [3.63, 3.8) is 0 Å². The number of benzene rings is 1. The highest BCUT2D eigenvalue weighted by molar-refractivity contribution is 5.81. The molecule has 0 aliphatic heterocycles. The molecule has 0 amide bonds. The van der Waals surface area contributed by atoms with Crippen molar-refractivity contribution in [2.24, 2.45) is 0 Å². The van der Waals surface area contributed by atoms with Gasteiger partial charge in [0.25, 0.3) is 5.69 Å². The normalized spacial score (nSPS) is 13.3. The maximum atomic E-state index is 11.3. The Kier molecular flexibility index (Phi) is 5.30. The van der Waals surface area contributed by atoms with Crippen LogP contribution in [0, 0.1) is 10.1 Å². The van der Waals surface area contributed by atoms with Crippen LogP contribution in [0.25, 0.3) is 0 Å². The van der Waals surface area contributed by atoms with Gasteiger partial charge >= 0.3 is 5.97 Å². The number of aliphatic hydroxyl groups is 2. The van der Waals surface area contributed by atoms with E-state index in [1.54, 1.807) is 0 Å². The van der Waals surface area contributed by atoms with Gasteiger partial charge in [-0.25, -0.2) is 4.79 Å². The SMILES string of the molecule is CCOC(=O)C(O)C(O)c1ccc([N+](=O)[O-])cc1C=O. The van der Waals surface area contributed by atoms with Gasteiger partial charge in [-0.15, -0.1) is 0 Å². The minimum Gasteiger partial charge on any atom is -0.464 e. The largest absolute Gasteiger partial charge is 0.464 e. The fourth-order valence-corrected chi connectivity index (χ4v) is 1.57. The molecule has 1 aromatic carbocycles. The molecule has 8 heteroatoms. The predicted molar refractivity (Wildman–Crippen MR) is 66.1 cm³/mol. The number of aliphatic hydroxyl groups excluding tert-OH is 2. The van der Waals surface area contributed by atoms with E-state index in [2.05, 4.69) is 4.74 Å². The predicted octanol–water partition coefficient (Wildman–Crippen LogP) is 0.365. The van der Waals surface area contributed by atoms with Crippen LogP contribution in [0.1, 0.15) is 28.9 Å². The van der Waals surface area contributed by atoms with E-state index >= 15 is 0 Å². The number of nitrogens with zero attached hydrogens (tertiary/aromatic N) is 1. The number of nitro groups is 1. The molecule has 0 saturated heterocycles. The Bertz CT molecular complexity index is 529. The molecule has 0 saturated carbocycles. The lowest BCUT2D eigenvalue weighted by atomic mass is 9.98. The third-order valence-corrected chi connectivity index (χ3v) is 2.55. The molecule has 8 nitrogen and oxygen atoms in total. The Morgan fingerprint density at radius 3 is 2.65 bits per heavy atom. The summed E-state index contributed by atoms with van der Waals surface area (Å²) in [5.41, 5.74) is -0.616. The van der Waals surface area contributed by atoms with Crippen LogP contribution in [0.2, 0.25) is 0 Å². The number of hydrogen-bond donors (Lipinski definition) is 2. The third kappa shape index (κ3) is 3.37. The summed E-state index contributed by atoms with van der Waals surface area (Å²) in [7, 11) is 0. The van der Waals surface area contributed by atoms with E-state index in [9.17, 15) is 29.9 Å². The number of rotatable bonds is 6. The molecule has 0 spiro atoms. The first kappa shape index (κ1) is 15.7. The summed E-state index contributed by atoms with van der Waals surface area (Å²) in [4.78, 5) is 32.1. The highest BCUT2D eigenvalue weighted by Gasteiger charge is 2.29. The van der Waals surface area contributed by atoms with Crippen molar-refractivity contribution in [2.45, 2.75) is 19.1 Å². The first-order chi connectivity index (χ1) is 9.42. The van der Waals surface area contributed by atoms with Crippen LogP contribution in [0.3, 0.4) is 0 Å². The number of carbonyl (C=O) groups excluding carboxylic acids is 2. The van der Waals surface area contributed by atoms with Gasteiger partial charge in [0.2, 0.25) is 0 Å². The minimum absolute atomic E-state index is 0.0173. The van der Waals surface area contributed by atoms with Crippen LogP contribution in [-0.4, -0.2) is 40.1 Å². The van der Waals surface area contributed by atoms with Crippen LogP contribution in [-0.2, 0) is 9.53 Å². The molecule has 20 heavy (non-hydrogen) atoms. The van der Waals surface area contributed by atoms with Crippen molar-refractivity contribution >= 4 is 17.9 Å². The second kappa shape index (κ2) is 6.73. The molecular weight excluding hydrogens is 270 g/mol. The zero-order valence-electron chi connectivity index (χ0n) is 10.6. The highest BCUT2D eigenvalue weighted by atomic mass is 16.6. The number of hydrogen-bond acceptors (Lipinski definition) is 7. The maximum absolute atomic E-state index is 11.3. The first-order valence-corrected chi connectivity index (χ1v) is 5.68. The Labute approximate surface area is 113 Å². The molecule has 1 aromatic rings. The molecule has 0 aliphatic carbocycles. The maximum Gasteiger partial charge on any atom is 0.338 e.